The summed E-state index contributed by atoms with van der Waals surface area (Å²) in [4.78, 5) is 3.58. The summed E-state index contributed by atoms with van der Waals surface area (Å²) in [5, 5.41) is 3.01. The van der Waals surface area contributed by atoms with Crippen molar-refractivity contribution in [3.05, 3.63) is 23.9 Å². The molecule has 1 aliphatic heterocycles. The average Bonchev–Trinajstić information content (AvgIpc) is 2.81. The Kier molecular flexibility index (Phi) is 3.75. The minimum absolute atomic E-state index is 0.0449. The quantitative estimate of drug-likeness (QED) is 0.907. The van der Waals surface area contributed by atoms with E-state index in [1.54, 1.807) is 6.07 Å². The van der Waals surface area contributed by atoms with Crippen LogP contribution < -0.4 is 5.32 Å². The highest BCUT2D eigenvalue weighted by Crippen LogP contribution is 2.28. The van der Waals surface area contributed by atoms with E-state index in [0.717, 1.165) is 12.5 Å². The Hall–Kier alpha value is -1.30. The number of pyridine rings is 1. The van der Waals surface area contributed by atoms with E-state index in [4.69, 9.17) is 4.74 Å². The molecule has 0 radical (unpaired) electrons. The first-order valence-corrected chi connectivity index (χ1v) is 5.85. The van der Waals surface area contributed by atoms with Gasteiger partial charge in [-0.2, -0.15) is 13.2 Å². The van der Waals surface area contributed by atoms with Gasteiger partial charge in [-0.3, -0.25) is 0 Å². The lowest BCUT2D eigenvalue weighted by Crippen LogP contribution is -2.27. The first kappa shape index (κ1) is 13.1. The van der Waals surface area contributed by atoms with E-state index in [9.17, 15) is 13.2 Å². The fraction of sp³-hybridized carbons (Fsp3) is 0.583. The Labute approximate surface area is 103 Å². The van der Waals surface area contributed by atoms with Crippen molar-refractivity contribution in [1.82, 2.24) is 4.98 Å². The molecular weight excluding hydrogens is 245 g/mol. The van der Waals surface area contributed by atoms with Gasteiger partial charge in [0, 0.05) is 18.6 Å². The topological polar surface area (TPSA) is 34.2 Å². The molecule has 2 unspecified atom stereocenters. The van der Waals surface area contributed by atoms with E-state index in [1.807, 2.05) is 6.92 Å². The second-order valence-electron chi connectivity index (χ2n) is 4.46. The maximum absolute atomic E-state index is 12.5. The number of anilines is 1. The highest BCUT2D eigenvalue weighted by Gasteiger charge is 2.32. The molecule has 6 heteroatoms. The van der Waals surface area contributed by atoms with Gasteiger partial charge in [-0.25, -0.2) is 4.98 Å². The average molecular weight is 260 g/mol. The highest BCUT2D eigenvalue weighted by molar-refractivity contribution is 5.37. The highest BCUT2D eigenvalue weighted by atomic mass is 19.4. The summed E-state index contributed by atoms with van der Waals surface area (Å²) < 4.78 is 42.7. The lowest BCUT2D eigenvalue weighted by molar-refractivity contribution is -0.141. The van der Waals surface area contributed by atoms with Gasteiger partial charge in [-0.15, -0.1) is 0 Å². The Balaban J connectivity index is 2.04. The van der Waals surface area contributed by atoms with Crippen molar-refractivity contribution in [3.8, 4) is 0 Å². The third kappa shape index (κ3) is 3.13. The van der Waals surface area contributed by atoms with Crippen LogP contribution in [0.5, 0.6) is 0 Å². The SMILES string of the molecule is CC(Nc1cccc(C(F)(F)F)n1)C1CCOC1. The Bertz CT molecular complexity index is 403. The van der Waals surface area contributed by atoms with E-state index in [1.165, 1.54) is 6.07 Å². The molecule has 0 spiro atoms. The van der Waals surface area contributed by atoms with Crippen LogP contribution >= 0.6 is 0 Å². The van der Waals surface area contributed by atoms with Gasteiger partial charge in [0.1, 0.15) is 11.5 Å². The second-order valence-corrected chi connectivity index (χ2v) is 4.46. The van der Waals surface area contributed by atoms with E-state index in [-0.39, 0.29) is 11.9 Å². The molecule has 0 saturated carbocycles. The number of nitrogens with one attached hydrogen (secondary N) is 1. The number of nitrogens with zero attached hydrogens (tertiary/aromatic N) is 1. The molecule has 1 N–H and O–H groups in total. The minimum atomic E-state index is -4.41. The molecule has 3 nitrogen and oxygen atoms in total. The van der Waals surface area contributed by atoms with Crippen molar-refractivity contribution in [2.24, 2.45) is 5.92 Å². The summed E-state index contributed by atoms with van der Waals surface area (Å²) in [7, 11) is 0. The van der Waals surface area contributed by atoms with Crippen LogP contribution in [0.3, 0.4) is 0 Å². The molecule has 1 saturated heterocycles. The van der Waals surface area contributed by atoms with Gasteiger partial charge < -0.3 is 10.1 Å². The molecular formula is C12H15F3N2O. The fourth-order valence-corrected chi connectivity index (χ4v) is 1.97. The molecule has 0 amide bonds. The maximum Gasteiger partial charge on any atom is 0.433 e. The smallest absolute Gasteiger partial charge is 0.381 e. The molecule has 0 aliphatic carbocycles. The van der Waals surface area contributed by atoms with Crippen LogP contribution in [-0.4, -0.2) is 24.2 Å². The van der Waals surface area contributed by atoms with Crippen molar-refractivity contribution < 1.29 is 17.9 Å². The van der Waals surface area contributed by atoms with Crippen molar-refractivity contribution in [2.45, 2.75) is 25.6 Å². The number of rotatable bonds is 3. The monoisotopic (exact) mass is 260 g/mol. The third-order valence-corrected chi connectivity index (χ3v) is 3.09. The van der Waals surface area contributed by atoms with Crippen LogP contribution in [-0.2, 0) is 10.9 Å². The predicted octanol–water partition coefficient (Wildman–Crippen LogP) is 2.94. The van der Waals surface area contributed by atoms with E-state index in [0.29, 0.717) is 19.1 Å². The second kappa shape index (κ2) is 5.14. The summed E-state index contributed by atoms with van der Waals surface area (Å²) in [6.45, 7) is 3.29. The molecule has 1 fully saturated rings. The standard InChI is InChI=1S/C12H15F3N2O/c1-8(9-5-6-18-7-9)16-11-4-2-3-10(17-11)12(13,14)15/h2-4,8-9H,5-7H2,1H3,(H,16,17). The van der Waals surface area contributed by atoms with Gasteiger partial charge in [-0.05, 0) is 25.5 Å². The third-order valence-electron chi connectivity index (χ3n) is 3.09. The van der Waals surface area contributed by atoms with Gasteiger partial charge in [0.05, 0.1) is 6.61 Å². The van der Waals surface area contributed by atoms with E-state index < -0.39 is 11.9 Å². The zero-order chi connectivity index (χ0) is 13.2. The Morgan fingerprint density at radius 3 is 2.83 bits per heavy atom. The number of halogens is 3. The number of hydrogen-bond acceptors (Lipinski definition) is 3. The summed E-state index contributed by atoms with van der Waals surface area (Å²) >= 11 is 0. The first-order chi connectivity index (χ1) is 8.47. The van der Waals surface area contributed by atoms with Gasteiger partial charge >= 0.3 is 6.18 Å². The van der Waals surface area contributed by atoms with Gasteiger partial charge in [0.25, 0.3) is 0 Å². The van der Waals surface area contributed by atoms with Crippen molar-refractivity contribution in [3.63, 3.8) is 0 Å². The fourth-order valence-electron chi connectivity index (χ4n) is 1.97. The van der Waals surface area contributed by atoms with Gasteiger partial charge in [0.2, 0.25) is 0 Å². The molecule has 2 atom stereocenters. The molecule has 0 aromatic carbocycles. The number of hydrogen-bond donors (Lipinski definition) is 1. The zero-order valence-corrected chi connectivity index (χ0v) is 10.00. The first-order valence-electron chi connectivity index (χ1n) is 5.85. The number of aromatic nitrogens is 1. The molecule has 100 valence electrons. The zero-order valence-electron chi connectivity index (χ0n) is 10.00. The van der Waals surface area contributed by atoms with Crippen LogP contribution in [0.4, 0.5) is 19.0 Å². The van der Waals surface area contributed by atoms with Crippen molar-refractivity contribution in [2.75, 3.05) is 18.5 Å². The minimum Gasteiger partial charge on any atom is -0.381 e. The van der Waals surface area contributed by atoms with E-state index in [2.05, 4.69) is 10.3 Å². The normalized spacial score (nSPS) is 21.9. The molecule has 2 heterocycles. The van der Waals surface area contributed by atoms with Crippen LogP contribution in [0.2, 0.25) is 0 Å². The lowest BCUT2D eigenvalue weighted by Gasteiger charge is -2.20. The Morgan fingerprint density at radius 1 is 1.44 bits per heavy atom. The molecule has 18 heavy (non-hydrogen) atoms. The Morgan fingerprint density at radius 2 is 2.22 bits per heavy atom. The van der Waals surface area contributed by atoms with E-state index >= 15 is 0 Å². The molecule has 2 rings (SSSR count). The van der Waals surface area contributed by atoms with Crippen LogP contribution in [0, 0.1) is 5.92 Å². The molecule has 1 aliphatic rings. The lowest BCUT2D eigenvalue weighted by atomic mass is 10.0. The maximum atomic E-state index is 12.5. The van der Waals surface area contributed by atoms with Crippen molar-refractivity contribution in [1.29, 1.82) is 0 Å². The van der Waals surface area contributed by atoms with Crippen LogP contribution in [0.1, 0.15) is 19.0 Å². The van der Waals surface area contributed by atoms with Crippen LogP contribution in [0.15, 0.2) is 18.2 Å². The number of alkyl halides is 3. The summed E-state index contributed by atoms with van der Waals surface area (Å²) in [6.07, 6.45) is -3.48. The molecule has 1 aromatic rings. The van der Waals surface area contributed by atoms with Gasteiger partial charge in [0.15, 0.2) is 0 Å². The van der Waals surface area contributed by atoms with Gasteiger partial charge in [-0.1, -0.05) is 6.07 Å². The summed E-state index contributed by atoms with van der Waals surface area (Å²) in [6, 6.07) is 3.91. The summed E-state index contributed by atoms with van der Waals surface area (Å²) in [5.74, 6) is 0.575. The van der Waals surface area contributed by atoms with Crippen molar-refractivity contribution >= 4 is 5.82 Å². The van der Waals surface area contributed by atoms with Crippen LogP contribution in [0.25, 0.3) is 0 Å². The largest absolute Gasteiger partial charge is 0.433 e. The summed E-state index contributed by atoms with van der Waals surface area (Å²) in [5.41, 5.74) is -0.873. The predicted molar refractivity (Wildman–Crippen MR) is 61.2 cm³/mol. The number of ether oxygens (including phenoxy) is 1. The molecule has 0 bridgehead atoms. The molecule has 1 aromatic heterocycles.